The molecule has 3 heteroatoms. The Bertz CT molecular complexity index is 168. The number of unbranched alkanes of at least 4 members (excludes halogenated alkanes) is 9. The molecule has 0 aromatic carbocycles. The second kappa shape index (κ2) is 17.5. The number of hydrogen-bond donors (Lipinski definition) is 0. The Morgan fingerprint density at radius 1 is 0.524 bits per heavy atom. The van der Waals surface area contributed by atoms with E-state index in [9.17, 15) is 4.80 Å². The summed E-state index contributed by atoms with van der Waals surface area (Å²) in [6, 6.07) is 3.18. The summed E-state index contributed by atoms with van der Waals surface area (Å²) < 4.78 is 0. The molecule has 0 radical (unpaired) electrons. The van der Waals surface area contributed by atoms with Crippen molar-refractivity contribution in [2.75, 3.05) is 0 Å². The first-order valence-electron chi connectivity index (χ1n) is 9.39. The topological polar surface area (TPSA) is 23.1 Å². The second-order valence-corrected chi connectivity index (χ2v) is 10.5. The van der Waals surface area contributed by atoms with Crippen molar-refractivity contribution in [3.8, 4) is 0 Å². The molecule has 0 bridgehead atoms. The van der Waals surface area contributed by atoms with Gasteiger partial charge in [0.2, 0.25) is 0 Å². The smallest absolute Gasteiger partial charge is 0.858 e. The molecular formula is C18H39NaOSi. The van der Waals surface area contributed by atoms with E-state index in [0.29, 0.717) is 0 Å². The van der Waals surface area contributed by atoms with Gasteiger partial charge in [-0.2, -0.15) is 0 Å². The minimum atomic E-state index is -2.15. The van der Waals surface area contributed by atoms with Crippen molar-refractivity contribution in [2.45, 2.75) is 116 Å². The predicted octanol–water partition coefficient (Wildman–Crippen LogP) is 3.04. The molecule has 0 aromatic rings. The van der Waals surface area contributed by atoms with Gasteiger partial charge in [0.15, 0.2) is 0 Å². The van der Waals surface area contributed by atoms with E-state index >= 15 is 0 Å². The molecule has 0 saturated carbocycles. The van der Waals surface area contributed by atoms with Crippen LogP contribution < -0.4 is 34.4 Å². The van der Waals surface area contributed by atoms with Crippen molar-refractivity contribution in [1.82, 2.24) is 0 Å². The molecule has 0 fully saturated rings. The Hall–Kier alpha value is 1.18. The Balaban J connectivity index is 0. The fourth-order valence-electron chi connectivity index (χ4n) is 3.00. The molecule has 0 spiro atoms. The fraction of sp³-hybridized carbons (Fsp3) is 1.00. The third kappa shape index (κ3) is 15.8. The number of hydrogen-bond acceptors (Lipinski definition) is 1. The quantitative estimate of drug-likeness (QED) is 0.336. The van der Waals surface area contributed by atoms with Crippen LogP contribution in [-0.4, -0.2) is 8.32 Å². The van der Waals surface area contributed by atoms with Crippen LogP contribution in [0.5, 0.6) is 0 Å². The van der Waals surface area contributed by atoms with Gasteiger partial charge in [0.25, 0.3) is 0 Å². The largest absolute Gasteiger partial charge is 1.00 e. The van der Waals surface area contributed by atoms with E-state index in [4.69, 9.17) is 0 Å². The van der Waals surface area contributed by atoms with Crippen molar-refractivity contribution >= 4 is 8.32 Å². The molecule has 0 saturated heterocycles. The van der Waals surface area contributed by atoms with Crippen LogP contribution in [0, 0.1) is 0 Å². The minimum Gasteiger partial charge on any atom is -0.858 e. The Morgan fingerprint density at radius 2 is 0.810 bits per heavy atom. The van der Waals surface area contributed by atoms with E-state index in [1.54, 1.807) is 0 Å². The maximum atomic E-state index is 13.1. The van der Waals surface area contributed by atoms with Crippen molar-refractivity contribution in [3.05, 3.63) is 0 Å². The van der Waals surface area contributed by atoms with E-state index in [-0.39, 0.29) is 29.6 Å². The van der Waals surface area contributed by atoms with Gasteiger partial charge in [-0.1, -0.05) is 116 Å². The summed E-state index contributed by atoms with van der Waals surface area (Å²) in [5.41, 5.74) is 0. The van der Waals surface area contributed by atoms with Gasteiger partial charge < -0.3 is 4.80 Å². The molecule has 0 N–H and O–H groups in total. The average molecular weight is 323 g/mol. The number of rotatable bonds is 15. The zero-order chi connectivity index (χ0) is 15.1. The Labute approximate surface area is 158 Å². The van der Waals surface area contributed by atoms with E-state index in [0.717, 1.165) is 18.1 Å². The standard InChI is InChI=1S/C18H39OSi.Na/c1-4-7-10-13-16-20(19,17-14-11-8-5-2)18-15-12-9-6-3;/h4-18H2,1-3H3;/q-1;+1. The first-order chi connectivity index (χ1) is 9.68. The SMILES string of the molecule is CCCCCC[Si]([O-])(CCCCCC)CCCCCC.[Na+]. The Kier molecular flexibility index (Phi) is 20.4. The van der Waals surface area contributed by atoms with Crippen molar-refractivity contribution in [1.29, 1.82) is 0 Å². The summed E-state index contributed by atoms with van der Waals surface area (Å²) >= 11 is 0. The summed E-state index contributed by atoms with van der Waals surface area (Å²) in [6.07, 6.45) is 15.3. The summed E-state index contributed by atoms with van der Waals surface area (Å²) in [5, 5.41) is 0. The van der Waals surface area contributed by atoms with Crippen LogP contribution in [0.2, 0.25) is 18.1 Å². The Morgan fingerprint density at radius 3 is 1.05 bits per heavy atom. The summed E-state index contributed by atoms with van der Waals surface area (Å²) in [6.45, 7) is 6.74. The second-order valence-electron chi connectivity index (χ2n) is 6.61. The van der Waals surface area contributed by atoms with Gasteiger partial charge in [0.05, 0.1) is 0 Å². The van der Waals surface area contributed by atoms with E-state index in [1.807, 2.05) is 0 Å². The molecule has 122 valence electrons. The van der Waals surface area contributed by atoms with Crippen LogP contribution in [0.15, 0.2) is 0 Å². The third-order valence-electron chi connectivity index (χ3n) is 4.46. The fourth-order valence-corrected chi connectivity index (χ4v) is 6.43. The van der Waals surface area contributed by atoms with Crippen molar-refractivity contribution in [2.24, 2.45) is 0 Å². The molecule has 0 amide bonds. The first-order valence-corrected chi connectivity index (χ1v) is 11.9. The molecule has 1 nitrogen and oxygen atoms in total. The van der Waals surface area contributed by atoms with Gasteiger partial charge in [-0.05, 0) is 8.32 Å². The first kappa shape index (κ1) is 24.4. The molecule has 0 atom stereocenters. The van der Waals surface area contributed by atoms with Crippen LogP contribution in [0.4, 0.5) is 0 Å². The molecule has 0 aliphatic carbocycles. The van der Waals surface area contributed by atoms with Gasteiger partial charge >= 0.3 is 29.6 Å². The maximum Gasteiger partial charge on any atom is 1.00 e. The van der Waals surface area contributed by atoms with Gasteiger partial charge in [-0.15, -0.1) is 0 Å². The summed E-state index contributed by atoms with van der Waals surface area (Å²) in [7, 11) is -2.15. The monoisotopic (exact) mass is 322 g/mol. The average Bonchev–Trinajstić information content (AvgIpc) is 2.45. The molecular weight excluding hydrogens is 283 g/mol. The summed E-state index contributed by atoms with van der Waals surface area (Å²) in [5.74, 6) is 0. The van der Waals surface area contributed by atoms with Crippen LogP contribution in [0.25, 0.3) is 0 Å². The van der Waals surface area contributed by atoms with E-state index in [1.165, 1.54) is 77.0 Å². The third-order valence-corrected chi connectivity index (χ3v) is 8.25. The molecule has 0 heterocycles. The van der Waals surface area contributed by atoms with Crippen LogP contribution in [0.3, 0.4) is 0 Å². The molecule has 0 rings (SSSR count). The zero-order valence-electron chi connectivity index (χ0n) is 15.5. The van der Waals surface area contributed by atoms with Gasteiger partial charge in [-0.3, -0.25) is 0 Å². The molecule has 0 aromatic heterocycles. The normalized spacial score (nSPS) is 11.4. The maximum absolute atomic E-state index is 13.1. The van der Waals surface area contributed by atoms with Crippen LogP contribution >= 0.6 is 0 Å². The molecule has 0 aliphatic heterocycles. The van der Waals surface area contributed by atoms with Crippen LogP contribution in [0.1, 0.15) is 97.8 Å². The van der Waals surface area contributed by atoms with Gasteiger partial charge in [0.1, 0.15) is 0 Å². The van der Waals surface area contributed by atoms with Crippen molar-refractivity contribution < 1.29 is 34.4 Å². The van der Waals surface area contributed by atoms with Crippen molar-refractivity contribution in [3.63, 3.8) is 0 Å². The van der Waals surface area contributed by atoms with Crippen LogP contribution in [-0.2, 0) is 0 Å². The minimum absolute atomic E-state index is 0. The summed E-state index contributed by atoms with van der Waals surface area (Å²) in [4.78, 5) is 13.1. The van der Waals surface area contributed by atoms with Gasteiger partial charge in [0, 0.05) is 0 Å². The predicted molar refractivity (Wildman–Crippen MR) is 92.6 cm³/mol. The zero-order valence-corrected chi connectivity index (χ0v) is 18.5. The van der Waals surface area contributed by atoms with Gasteiger partial charge in [-0.25, -0.2) is 0 Å². The molecule has 0 aliphatic rings. The molecule has 21 heavy (non-hydrogen) atoms. The van der Waals surface area contributed by atoms with E-state index in [2.05, 4.69) is 20.8 Å². The molecule has 0 unspecified atom stereocenters. The van der Waals surface area contributed by atoms with E-state index < -0.39 is 8.32 Å².